The first kappa shape index (κ1) is 17.0. The molecule has 0 amide bonds. The van der Waals surface area contributed by atoms with Crippen LogP contribution >= 0.6 is 0 Å². The fourth-order valence-electron chi connectivity index (χ4n) is 2.12. The van der Waals surface area contributed by atoms with Crippen LogP contribution in [0.2, 0.25) is 0 Å². The molecule has 0 radical (unpaired) electrons. The Labute approximate surface area is 128 Å². The van der Waals surface area contributed by atoms with Crippen LogP contribution in [0, 0.1) is 17.2 Å². The molecular formula is C17H26N4. The zero-order chi connectivity index (χ0) is 15.7. The highest BCUT2D eigenvalue weighted by Gasteiger charge is 2.04. The van der Waals surface area contributed by atoms with Crippen molar-refractivity contribution in [2.45, 2.75) is 52.6 Å². The Morgan fingerprint density at radius 2 is 2.10 bits per heavy atom. The molecule has 1 aromatic rings. The predicted molar refractivity (Wildman–Crippen MR) is 87.8 cm³/mol. The highest BCUT2D eigenvalue weighted by Crippen LogP contribution is 2.08. The van der Waals surface area contributed by atoms with Crippen LogP contribution in [-0.4, -0.2) is 12.0 Å². The zero-order valence-corrected chi connectivity index (χ0v) is 13.3. The molecule has 0 aliphatic heterocycles. The number of rotatable bonds is 7. The summed E-state index contributed by atoms with van der Waals surface area (Å²) in [5, 5.41) is 12.1. The molecule has 4 nitrogen and oxygen atoms in total. The lowest BCUT2D eigenvalue weighted by atomic mass is 10.0. The Hall–Kier alpha value is -2.02. The highest BCUT2D eigenvalue weighted by atomic mass is 15.1. The molecule has 1 aromatic carbocycles. The fourth-order valence-corrected chi connectivity index (χ4v) is 2.12. The number of guanidine groups is 1. The van der Waals surface area contributed by atoms with E-state index in [1.807, 2.05) is 18.2 Å². The molecule has 0 saturated carbocycles. The van der Waals surface area contributed by atoms with Crippen molar-refractivity contribution in [3.8, 4) is 6.07 Å². The van der Waals surface area contributed by atoms with E-state index < -0.39 is 0 Å². The third-order valence-electron chi connectivity index (χ3n) is 3.30. The maximum atomic E-state index is 8.86. The Bertz CT molecular complexity index is 500. The molecule has 0 heterocycles. The van der Waals surface area contributed by atoms with Gasteiger partial charge in [0.05, 0.1) is 18.2 Å². The van der Waals surface area contributed by atoms with Crippen molar-refractivity contribution in [2.75, 3.05) is 0 Å². The SMILES string of the molecule is CC(C)CCCC(C)NC(N)=NCc1cccc(C#N)c1. The van der Waals surface area contributed by atoms with Crippen molar-refractivity contribution in [2.24, 2.45) is 16.6 Å². The van der Waals surface area contributed by atoms with Gasteiger partial charge < -0.3 is 11.1 Å². The summed E-state index contributed by atoms with van der Waals surface area (Å²) in [4.78, 5) is 4.33. The summed E-state index contributed by atoms with van der Waals surface area (Å²) in [6.07, 6.45) is 3.53. The number of nitrogens with one attached hydrogen (secondary N) is 1. The van der Waals surface area contributed by atoms with E-state index >= 15 is 0 Å². The van der Waals surface area contributed by atoms with Crippen LogP contribution in [-0.2, 0) is 6.54 Å². The normalized spacial score (nSPS) is 13.0. The van der Waals surface area contributed by atoms with Gasteiger partial charge in [0.2, 0.25) is 0 Å². The van der Waals surface area contributed by atoms with E-state index in [1.54, 1.807) is 6.07 Å². The number of hydrogen-bond acceptors (Lipinski definition) is 2. The second kappa shape index (κ2) is 9.02. The second-order valence-corrected chi connectivity index (χ2v) is 5.88. The van der Waals surface area contributed by atoms with Crippen LogP contribution < -0.4 is 11.1 Å². The Morgan fingerprint density at radius 1 is 1.33 bits per heavy atom. The molecule has 0 bridgehead atoms. The number of nitriles is 1. The van der Waals surface area contributed by atoms with E-state index in [1.165, 1.54) is 12.8 Å². The molecule has 1 atom stereocenters. The lowest BCUT2D eigenvalue weighted by molar-refractivity contribution is 0.493. The Morgan fingerprint density at radius 3 is 2.76 bits per heavy atom. The molecule has 0 spiro atoms. The van der Waals surface area contributed by atoms with Gasteiger partial charge in [0.25, 0.3) is 0 Å². The summed E-state index contributed by atoms with van der Waals surface area (Å²) in [6, 6.07) is 9.89. The van der Waals surface area contributed by atoms with Crippen LogP contribution in [0.3, 0.4) is 0 Å². The zero-order valence-electron chi connectivity index (χ0n) is 13.3. The second-order valence-electron chi connectivity index (χ2n) is 5.88. The summed E-state index contributed by atoms with van der Waals surface area (Å²) in [5.74, 6) is 1.21. The van der Waals surface area contributed by atoms with Crippen molar-refractivity contribution < 1.29 is 0 Å². The summed E-state index contributed by atoms with van der Waals surface area (Å²) in [5.41, 5.74) is 7.54. The predicted octanol–water partition coefficient (Wildman–Crippen LogP) is 3.18. The highest BCUT2D eigenvalue weighted by molar-refractivity contribution is 5.78. The van der Waals surface area contributed by atoms with Crippen LogP contribution in [0.15, 0.2) is 29.3 Å². The van der Waals surface area contributed by atoms with Crippen LogP contribution in [0.1, 0.15) is 51.2 Å². The topological polar surface area (TPSA) is 74.2 Å². The van der Waals surface area contributed by atoms with E-state index in [0.717, 1.165) is 17.9 Å². The molecule has 1 rings (SSSR count). The number of nitrogens with two attached hydrogens (primary N) is 1. The first-order valence-corrected chi connectivity index (χ1v) is 7.56. The smallest absolute Gasteiger partial charge is 0.189 e. The van der Waals surface area contributed by atoms with Gasteiger partial charge in [-0.3, -0.25) is 0 Å². The molecule has 0 aliphatic carbocycles. The van der Waals surface area contributed by atoms with Crippen LogP contribution in [0.25, 0.3) is 0 Å². The third kappa shape index (κ3) is 7.36. The van der Waals surface area contributed by atoms with E-state index in [9.17, 15) is 0 Å². The van der Waals surface area contributed by atoms with E-state index in [2.05, 4.69) is 37.1 Å². The van der Waals surface area contributed by atoms with Gasteiger partial charge in [-0.15, -0.1) is 0 Å². The molecule has 0 aromatic heterocycles. The molecule has 4 heteroatoms. The van der Waals surface area contributed by atoms with E-state index in [0.29, 0.717) is 24.1 Å². The molecule has 0 aliphatic rings. The molecule has 0 saturated heterocycles. The van der Waals surface area contributed by atoms with Gasteiger partial charge in [0.1, 0.15) is 0 Å². The van der Waals surface area contributed by atoms with Gasteiger partial charge >= 0.3 is 0 Å². The van der Waals surface area contributed by atoms with Gasteiger partial charge in [0.15, 0.2) is 5.96 Å². The monoisotopic (exact) mass is 286 g/mol. The van der Waals surface area contributed by atoms with Gasteiger partial charge in [0, 0.05) is 6.04 Å². The van der Waals surface area contributed by atoms with Gasteiger partial charge in [-0.05, 0) is 37.0 Å². The molecular weight excluding hydrogens is 260 g/mol. The van der Waals surface area contributed by atoms with Gasteiger partial charge in [-0.1, -0.05) is 38.8 Å². The molecule has 3 N–H and O–H groups in total. The van der Waals surface area contributed by atoms with Crippen molar-refractivity contribution in [1.29, 1.82) is 5.26 Å². The maximum Gasteiger partial charge on any atom is 0.189 e. The van der Waals surface area contributed by atoms with Crippen molar-refractivity contribution >= 4 is 5.96 Å². The van der Waals surface area contributed by atoms with Crippen molar-refractivity contribution in [3.63, 3.8) is 0 Å². The first-order valence-electron chi connectivity index (χ1n) is 7.56. The van der Waals surface area contributed by atoms with Crippen molar-refractivity contribution in [1.82, 2.24) is 5.32 Å². The summed E-state index contributed by atoms with van der Waals surface area (Å²) < 4.78 is 0. The maximum absolute atomic E-state index is 8.86. The molecule has 0 fully saturated rings. The minimum Gasteiger partial charge on any atom is -0.370 e. The third-order valence-corrected chi connectivity index (χ3v) is 3.30. The average molecular weight is 286 g/mol. The van der Waals surface area contributed by atoms with Gasteiger partial charge in [-0.25, -0.2) is 4.99 Å². The quantitative estimate of drug-likeness (QED) is 0.597. The number of benzene rings is 1. The standard InChI is InChI=1S/C17H26N4/c1-13(2)6-4-7-14(3)21-17(19)20-12-16-9-5-8-15(10-16)11-18/h5,8-10,13-14H,4,6-7,12H2,1-3H3,(H3,19,20,21). The van der Waals surface area contributed by atoms with Gasteiger partial charge in [-0.2, -0.15) is 5.26 Å². The summed E-state index contributed by atoms with van der Waals surface area (Å²) in [7, 11) is 0. The Kier molecular flexibility index (Phi) is 7.31. The lowest BCUT2D eigenvalue weighted by Gasteiger charge is -2.15. The average Bonchev–Trinajstić information content (AvgIpc) is 2.45. The van der Waals surface area contributed by atoms with Crippen LogP contribution in [0.4, 0.5) is 0 Å². The number of hydrogen-bond donors (Lipinski definition) is 2. The van der Waals surface area contributed by atoms with Crippen molar-refractivity contribution in [3.05, 3.63) is 35.4 Å². The number of nitrogens with zero attached hydrogens (tertiary/aromatic N) is 2. The summed E-state index contributed by atoms with van der Waals surface area (Å²) >= 11 is 0. The minimum atomic E-state index is 0.331. The molecule has 114 valence electrons. The largest absolute Gasteiger partial charge is 0.370 e. The molecule has 1 unspecified atom stereocenters. The summed E-state index contributed by atoms with van der Waals surface area (Å²) in [6.45, 7) is 7.10. The number of aliphatic imine (C=N–C) groups is 1. The minimum absolute atomic E-state index is 0.331. The van der Waals surface area contributed by atoms with E-state index in [-0.39, 0.29) is 0 Å². The lowest BCUT2D eigenvalue weighted by Crippen LogP contribution is -2.38. The van der Waals surface area contributed by atoms with Crippen LogP contribution in [0.5, 0.6) is 0 Å². The fraction of sp³-hybridized carbons (Fsp3) is 0.529. The van der Waals surface area contributed by atoms with E-state index in [4.69, 9.17) is 11.0 Å². The Balaban J connectivity index is 2.40. The first-order chi connectivity index (χ1) is 10.0. The molecule has 21 heavy (non-hydrogen) atoms.